The van der Waals surface area contributed by atoms with Crippen molar-refractivity contribution in [2.45, 2.75) is 43.4 Å². The van der Waals surface area contributed by atoms with Gasteiger partial charge in [-0.15, -0.1) is 0 Å². The molecule has 7 heteroatoms. The van der Waals surface area contributed by atoms with E-state index in [1.807, 2.05) is 19.9 Å². The Hall–Kier alpha value is -2.67. The predicted octanol–water partition coefficient (Wildman–Crippen LogP) is 3.04. The molecule has 0 spiro atoms. The van der Waals surface area contributed by atoms with Gasteiger partial charge < -0.3 is 10.2 Å². The summed E-state index contributed by atoms with van der Waals surface area (Å²) in [6, 6.07) is 15.0. The van der Waals surface area contributed by atoms with Crippen molar-refractivity contribution in [3.63, 3.8) is 0 Å². The van der Waals surface area contributed by atoms with E-state index in [1.54, 1.807) is 41.3 Å². The summed E-state index contributed by atoms with van der Waals surface area (Å²) in [4.78, 5) is 27.1. The lowest BCUT2D eigenvalue weighted by Crippen LogP contribution is -2.50. The van der Waals surface area contributed by atoms with Gasteiger partial charge in [0.15, 0.2) is 9.84 Å². The van der Waals surface area contributed by atoms with E-state index in [0.29, 0.717) is 18.7 Å². The summed E-state index contributed by atoms with van der Waals surface area (Å²) in [6.07, 6.45) is 1.56. The van der Waals surface area contributed by atoms with E-state index in [0.717, 1.165) is 12.8 Å². The van der Waals surface area contributed by atoms with Crippen molar-refractivity contribution in [3.8, 4) is 0 Å². The summed E-state index contributed by atoms with van der Waals surface area (Å²) in [6.45, 7) is 4.85. The molecule has 0 aliphatic carbocycles. The number of piperidine rings is 1. The number of nitrogens with zero attached hydrogens (tertiary/aromatic N) is 1. The van der Waals surface area contributed by atoms with Gasteiger partial charge in [-0.1, -0.05) is 56.3 Å². The first-order valence-electron chi connectivity index (χ1n) is 10.2. The first kappa shape index (κ1) is 22.0. The molecule has 1 heterocycles. The third-order valence-corrected chi connectivity index (χ3v) is 6.97. The molecule has 1 aliphatic heterocycles. The van der Waals surface area contributed by atoms with Crippen LogP contribution in [0.3, 0.4) is 0 Å². The topological polar surface area (TPSA) is 83.6 Å². The van der Waals surface area contributed by atoms with Crippen LogP contribution in [0, 0.1) is 5.92 Å². The molecule has 0 radical (unpaired) electrons. The largest absolute Gasteiger partial charge is 0.347 e. The lowest BCUT2D eigenvalue weighted by Gasteiger charge is -2.34. The van der Waals surface area contributed by atoms with Crippen molar-refractivity contribution < 1.29 is 18.0 Å². The van der Waals surface area contributed by atoms with Crippen LogP contribution in [0.4, 0.5) is 0 Å². The number of carbonyl (C=O) groups is 2. The molecule has 0 bridgehead atoms. The molecule has 1 saturated heterocycles. The fraction of sp³-hybridized carbons (Fsp3) is 0.391. The number of rotatable bonds is 6. The van der Waals surface area contributed by atoms with E-state index < -0.39 is 15.7 Å². The number of sulfone groups is 1. The van der Waals surface area contributed by atoms with E-state index in [9.17, 15) is 18.0 Å². The Morgan fingerprint density at radius 1 is 1.07 bits per heavy atom. The van der Waals surface area contributed by atoms with Crippen LogP contribution in [-0.2, 0) is 20.4 Å². The summed E-state index contributed by atoms with van der Waals surface area (Å²) in [7, 11) is -3.69. The molecular formula is C23H28N2O4S. The minimum atomic E-state index is -3.69. The van der Waals surface area contributed by atoms with Crippen molar-refractivity contribution in [3.05, 3.63) is 65.7 Å². The minimum absolute atomic E-state index is 0.0253. The number of likely N-dealkylation sites (tertiary alicyclic amines) is 1. The third kappa shape index (κ3) is 5.27. The van der Waals surface area contributed by atoms with Crippen LogP contribution in [0.2, 0.25) is 0 Å². The van der Waals surface area contributed by atoms with Crippen LogP contribution >= 0.6 is 0 Å². The van der Waals surface area contributed by atoms with Crippen molar-refractivity contribution >= 4 is 21.7 Å². The van der Waals surface area contributed by atoms with E-state index in [4.69, 9.17) is 0 Å². The molecule has 1 aliphatic rings. The van der Waals surface area contributed by atoms with Gasteiger partial charge in [-0.25, -0.2) is 8.42 Å². The lowest BCUT2D eigenvalue weighted by atomic mass is 10.0. The standard InChI is InChI=1S/C23H28N2O4S/c1-17(2)23(27)25-14-8-11-19(15-25)24-22(26)20-12-6-7-13-21(20)30(28,29)16-18-9-4-3-5-10-18/h3-7,9-10,12-13,17,19H,8,11,14-16H2,1-2H3,(H,24,26). The van der Waals surface area contributed by atoms with E-state index in [1.165, 1.54) is 12.1 Å². The summed E-state index contributed by atoms with van der Waals surface area (Å²) in [5.74, 6) is -0.618. The highest BCUT2D eigenvalue weighted by Crippen LogP contribution is 2.21. The van der Waals surface area contributed by atoms with Gasteiger partial charge in [0, 0.05) is 25.0 Å². The second-order valence-electron chi connectivity index (χ2n) is 7.99. The highest BCUT2D eigenvalue weighted by atomic mass is 32.2. The molecular weight excluding hydrogens is 400 g/mol. The normalized spacial score (nSPS) is 17.0. The van der Waals surface area contributed by atoms with Crippen LogP contribution in [-0.4, -0.2) is 44.3 Å². The lowest BCUT2D eigenvalue weighted by molar-refractivity contribution is -0.135. The van der Waals surface area contributed by atoms with E-state index >= 15 is 0 Å². The van der Waals surface area contributed by atoms with Crippen LogP contribution in [0.25, 0.3) is 0 Å². The maximum Gasteiger partial charge on any atom is 0.252 e. The quantitative estimate of drug-likeness (QED) is 0.767. The van der Waals surface area contributed by atoms with E-state index in [-0.39, 0.29) is 34.1 Å². The van der Waals surface area contributed by atoms with Crippen LogP contribution in [0.1, 0.15) is 42.6 Å². The van der Waals surface area contributed by atoms with Crippen molar-refractivity contribution in [2.24, 2.45) is 5.92 Å². The van der Waals surface area contributed by atoms with Crippen molar-refractivity contribution in [1.29, 1.82) is 0 Å². The Morgan fingerprint density at radius 2 is 1.73 bits per heavy atom. The van der Waals surface area contributed by atoms with Crippen molar-refractivity contribution in [1.82, 2.24) is 10.2 Å². The number of carbonyl (C=O) groups excluding carboxylic acids is 2. The number of benzene rings is 2. The molecule has 1 atom stereocenters. The molecule has 2 aromatic rings. The molecule has 2 amide bonds. The zero-order chi connectivity index (χ0) is 21.7. The van der Waals surface area contributed by atoms with Gasteiger partial charge in [0.05, 0.1) is 16.2 Å². The SMILES string of the molecule is CC(C)C(=O)N1CCCC(NC(=O)c2ccccc2S(=O)(=O)Cc2ccccc2)C1. The minimum Gasteiger partial charge on any atom is -0.347 e. The Kier molecular flexibility index (Phi) is 6.92. The molecule has 0 saturated carbocycles. The number of amides is 2. The fourth-order valence-corrected chi connectivity index (χ4v) is 5.29. The smallest absolute Gasteiger partial charge is 0.252 e. The van der Waals surface area contributed by atoms with E-state index in [2.05, 4.69) is 5.32 Å². The fourth-order valence-electron chi connectivity index (χ4n) is 3.72. The zero-order valence-electron chi connectivity index (χ0n) is 17.4. The second kappa shape index (κ2) is 9.43. The Morgan fingerprint density at radius 3 is 2.43 bits per heavy atom. The molecule has 160 valence electrons. The highest BCUT2D eigenvalue weighted by Gasteiger charge is 2.28. The number of hydrogen-bond donors (Lipinski definition) is 1. The maximum atomic E-state index is 13.0. The first-order chi connectivity index (χ1) is 14.3. The highest BCUT2D eigenvalue weighted by molar-refractivity contribution is 7.90. The molecule has 1 unspecified atom stereocenters. The Balaban J connectivity index is 1.76. The summed E-state index contributed by atoms with van der Waals surface area (Å²) in [5, 5.41) is 2.94. The average molecular weight is 429 g/mol. The molecule has 0 aromatic heterocycles. The molecule has 2 aromatic carbocycles. The van der Waals surface area contributed by atoms with Gasteiger partial charge in [-0.3, -0.25) is 9.59 Å². The second-order valence-corrected chi connectivity index (χ2v) is 9.95. The Labute approximate surface area is 178 Å². The Bertz CT molecular complexity index is 1000. The van der Waals surface area contributed by atoms with Crippen LogP contribution in [0.5, 0.6) is 0 Å². The molecule has 30 heavy (non-hydrogen) atoms. The van der Waals surface area contributed by atoms with Crippen LogP contribution < -0.4 is 5.32 Å². The van der Waals surface area contributed by atoms with Crippen LogP contribution in [0.15, 0.2) is 59.5 Å². The number of hydrogen-bond acceptors (Lipinski definition) is 4. The monoisotopic (exact) mass is 428 g/mol. The van der Waals surface area contributed by atoms with Gasteiger partial charge >= 0.3 is 0 Å². The molecule has 6 nitrogen and oxygen atoms in total. The van der Waals surface area contributed by atoms with Gasteiger partial charge in [0.1, 0.15) is 0 Å². The molecule has 1 fully saturated rings. The van der Waals surface area contributed by atoms with Gasteiger partial charge in [0.2, 0.25) is 5.91 Å². The first-order valence-corrected chi connectivity index (χ1v) is 11.9. The maximum absolute atomic E-state index is 13.0. The third-order valence-electron chi connectivity index (χ3n) is 5.23. The summed E-state index contributed by atoms with van der Waals surface area (Å²) in [5.41, 5.74) is 0.809. The molecule has 1 N–H and O–H groups in total. The number of nitrogens with one attached hydrogen (secondary N) is 1. The predicted molar refractivity (Wildman–Crippen MR) is 116 cm³/mol. The van der Waals surface area contributed by atoms with Gasteiger partial charge in [-0.05, 0) is 30.5 Å². The molecule has 3 rings (SSSR count). The van der Waals surface area contributed by atoms with Gasteiger partial charge in [0.25, 0.3) is 5.91 Å². The van der Waals surface area contributed by atoms with Gasteiger partial charge in [-0.2, -0.15) is 0 Å². The zero-order valence-corrected chi connectivity index (χ0v) is 18.2. The summed E-state index contributed by atoms with van der Waals surface area (Å²) >= 11 is 0. The average Bonchev–Trinajstić information content (AvgIpc) is 2.73. The van der Waals surface area contributed by atoms with Crippen molar-refractivity contribution in [2.75, 3.05) is 13.1 Å². The summed E-state index contributed by atoms with van der Waals surface area (Å²) < 4.78 is 26.0.